The first kappa shape index (κ1) is 11.4. The maximum atomic E-state index is 11.9. The molecule has 0 N–H and O–H groups in total. The molecule has 0 aliphatic rings. The number of halogens is 1. The molecule has 0 fully saturated rings. The van der Waals surface area contributed by atoms with Gasteiger partial charge in [0.25, 0.3) is 0 Å². The summed E-state index contributed by atoms with van der Waals surface area (Å²) < 4.78 is 0.989. The number of aryl methyl sites for hydroxylation is 2. The smallest absolute Gasteiger partial charge is 0.182 e. The molecule has 0 bridgehead atoms. The zero-order valence-electron chi connectivity index (χ0n) is 8.77. The van der Waals surface area contributed by atoms with Crippen molar-refractivity contribution in [1.82, 2.24) is 20.2 Å². The molecule has 16 heavy (non-hydrogen) atoms. The predicted octanol–water partition coefficient (Wildman–Crippen LogP) is 1.77. The van der Waals surface area contributed by atoms with Gasteiger partial charge in [0, 0.05) is 0 Å². The van der Waals surface area contributed by atoms with E-state index in [2.05, 4.69) is 31.3 Å². The lowest BCUT2D eigenvalue weighted by molar-refractivity contribution is 0.0994. The van der Waals surface area contributed by atoms with E-state index in [0.29, 0.717) is 5.82 Å². The largest absolute Gasteiger partial charge is 0.293 e. The van der Waals surface area contributed by atoms with E-state index in [1.54, 1.807) is 7.05 Å². The van der Waals surface area contributed by atoms with Crippen LogP contribution in [0.2, 0.25) is 0 Å². The highest BCUT2D eigenvalue weighted by Gasteiger charge is 2.14. The molecule has 2 rings (SSSR count). The number of carbonyl (C=O) groups excluding carboxylic acids is 1. The molecular formula is C9H9BrN4OS. The molecule has 0 aromatic carbocycles. The summed E-state index contributed by atoms with van der Waals surface area (Å²) in [5, 5.41) is 11.4. The van der Waals surface area contributed by atoms with E-state index in [-0.39, 0.29) is 12.2 Å². The number of tetrazole rings is 1. The molecule has 0 aliphatic carbocycles. The molecule has 0 radical (unpaired) electrons. The standard InChI is InChI=1S/C9H9BrN4OS/c1-5-3-7(16-9(5)10)6(15)4-8-11-13-14(2)12-8/h3H,4H2,1-2H3. The van der Waals surface area contributed by atoms with Crippen molar-refractivity contribution in [1.29, 1.82) is 0 Å². The van der Waals surface area contributed by atoms with Gasteiger partial charge in [0.1, 0.15) is 0 Å². The third-order valence-electron chi connectivity index (χ3n) is 2.00. The van der Waals surface area contributed by atoms with Gasteiger partial charge in [-0.1, -0.05) is 0 Å². The SMILES string of the molecule is Cc1cc(C(=O)Cc2nnn(C)n2)sc1Br. The maximum Gasteiger partial charge on any atom is 0.182 e. The van der Waals surface area contributed by atoms with Crippen LogP contribution in [0.3, 0.4) is 0 Å². The quantitative estimate of drug-likeness (QED) is 0.811. The molecule has 5 nitrogen and oxygen atoms in total. The summed E-state index contributed by atoms with van der Waals surface area (Å²) in [5.74, 6) is 0.474. The zero-order chi connectivity index (χ0) is 11.7. The van der Waals surface area contributed by atoms with Gasteiger partial charge in [0.15, 0.2) is 11.6 Å². The van der Waals surface area contributed by atoms with Crippen molar-refractivity contribution in [3.8, 4) is 0 Å². The summed E-state index contributed by atoms with van der Waals surface area (Å²) in [7, 11) is 1.67. The van der Waals surface area contributed by atoms with Gasteiger partial charge >= 0.3 is 0 Å². The number of thiophene rings is 1. The van der Waals surface area contributed by atoms with Crippen LogP contribution in [0, 0.1) is 6.92 Å². The van der Waals surface area contributed by atoms with Crippen LogP contribution in [0.5, 0.6) is 0 Å². The molecule has 84 valence electrons. The van der Waals surface area contributed by atoms with Crippen molar-refractivity contribution < 1.29 is 4.79 Å². The zero-order valence-corrected chi connectivity index (χ0v) is 11.2. The molecular weight excluding hydrogens is 292 g/mol. The fourth-order valence-electron chi connectivity index (χ4n) is 1.22. The van der Waals surface area contributed by atoms with Gasteiger partial charge in [-0.05, 0) is 39.7 Å². The van der Waals surface area contributed by atoms with Crippen LogP contribution in [0.1, 0.15) is 21.1 Å². The van der Waals surface area contributed by atoms with Crippen LogP contribution in [-0.2, 0) is 13.5 Å². The Labute approximate surface area is 105 Å². The van der Waals surface area contributed by atoms with Crippen molar-refractivity contribution in [2.75, 3.05) is 0 Å². The summed E-state index contributed by atoms with van der Waals surface area (Å²) in [6, 6.07) is 1.87. The van der Waals surface area contributed by atoms with E-state index >= 15 is 0 Å². The van der Waals surface area contributed by atoms with Gasteiger partial charge in [-0.2, -0.15) is 4.80 Å². The van der Waals surface area contributed by atoms with Gasteiger partial charge in [-0.25, -0.2) is 0 Å². The van der Waals surface area contributed by atoms with Gasteiger partial charge in [0.2, 0.25) is 0 Å². The van der Waals surface area contributed by atoms with E-state index < -0.39 is 0 Å². The average Bonchev–Trinajstić information content (AvgIpc) is 2.75. The van der Waals surface area contributed by atoms with Crippen LogP contribution in [-0.4, -0.2) is 26.0 Å². The number of Topliss-reactive ketones (excluding diaryl/α,β-unsaturated/α-hetero) is 1. The summed E-state index contributed by atoms with van der Waals surface area (Å²) in [6.45, 7) is 1.96. The third kappa shape index (κ3) is 2.35. The predicted molar refractivity (Wildman–Crippen MR) is 63.6 cm³/mol. The van der Waals surface area contributed by atoms with Gasteiger partial charge in [-0.3, -0.25) is 4.79 Å². The van der Waals surface area contributed by atoms with E-state index in [0.717, 1.165) is 14.2 Å². The fourth-order valence-corrected chi connectivity index (χ4v) is 2.69. The van der Waals surface area contributed by atoms with E-state index in [1.807, 2.05) is 13.0 Å². The average molecular weight is 301 g/mol. The van der Waals surface area contributed by atoms with Crippen LogP contribution in [0.4, 0.5) is 0 Å². The number of rotatable bonds is 3. The van der Waals surface area contributed by atoms with Crippen molar-refractivity contribution in [3.05, 3.63) is 26.1 Å². The Morgan fingerprint density at radius 1 is 1.62 bits per heavy atom. The number of carbonyl (C=O) groups is 1. The molecule has 0 atom stereocenters. The lowest BCUT2D eigenvalue weighted by Crippen LogP contribution is -2.03. The molecule has 2 aromatic heterocycles. The normalized spacial score (nSPS) is 10.7. The van der Waals surface area contributed by atoms with Crippen LogP contribution in [0.25, 0.3) is 0 Å². The minimum atomic E-state index is 0.0202. The monoisotopic (exact) mass is 300 g/mol. The lowest BCUT2D eigenvalue weighted by Gasteiger charge is -1.91. The molecule has 2 heterocycles. The van der Waals surface area contributed by atoms with E-state index in [1.165, 1.54) is 16.1 Å². The molecule has 0 saturated carbocycles. The molecule has 2 aromatic rings. The second-order valence-corrected chi connectivity index (χ2v) is 5.73. The highest BCUT2D eigenvalue weighted by Crippen LogP contribution is 2.27. The molecule has 0 saturated heterocycles. The Balaban J connectivity index is 2.14. The van der Waals surface area contributed by atoms with Crippen molar-refractivity contribution in [3.63, 3.8) is 0 Å². The molecule has 7 heteroatoms. The van der Waals surface area contributed by atoms with E-state index in [4.69, 9.17) is 0 Å². The second kappa shape index (κ2) is 4.42. The number of aromatic nitrogens is 4. The van der Waals surface area contributed by atoms with Crippen LogP contribution >= 0.6 is 27.3 Å². The molecule has 0 spiro atoms. The number of nitrogens with zero attached hydrogens (tertiary/aromatic N) is 4. The molecule has 0 aliphatic heterocycles. The van der Waals surface area contributed by atoms with E-state index in [9.17, 15) is 4.79 Å². The van der Waals surface area contributed by atoms with Gasteiger partial charge in [-0.15, -0.1) is 21.5 Å². The lowest BCUT2D eigenvalue weighted by atomic mass is 10.2. The van der Waals surface area contributed by atoms with Gasteiger partial charge in [0.05, 0.1) is 22.1 Å². The Kier molecular flexibility index (Phi) is 3.15. The first-order valence-electron chi connectivity index (χ1n) is 4.58. The molecule has 0 unspecified atom stereocenters. The first-order chi connectivity index (χ1) is 7.56. The number of hydrogen-bond donors (Lipinski definition) is 0. The third-order valence-corrected chi connectivity index (χ3v) is 4.18. The van der Waals surface area contributed by atoms with Crippen molar-refractivity contribution in [2.45, 2.75) is 13.3 Å². The Bertz CT molecular complexity index is 514. The summed E-state index contributed by atoms with van der Waals surface area (Å²) >= 11 is 4.83. The topological polar surface area (TPSA) is 60.7 Å². The number of hydrogen-bond acceptors (Lipinski definition) is 5. The highest BCUT2D eigenvalue weighted by molar-refractivity contribution is 9.11. The summed E-state index contributed by atoms with van der Waals surface area (Å²) in [5.41, 5.74) is 1.07. The second-order valence-electron chi connectivity index (χ2n) is 3.36. The minimum Gasteiger partial charge on any atom is -0.293 e. The molecule has 0 amide bonds. The Morgan fingerprint density at radius 2 is 2.38 bits per heavy atom. The van der Waals surface area contributed by atoms with Crippen molar-refractivity contribution >= 4 is 33.0 Å². The first-order valence-corrected chi connectivity index (χ1v) is 6.19. The highest BCUT2D eigenvalue weighted by atomic mass is 79.9. The summed E-state index contributed by atoms with van der Waals surface area (Å²) in [6.07, 6.45) is 0.195. The number of ketones is 1. The minimum absolute atomic E-state index is 0.0202. The van der Waals surface area contributed by atoms with Crippen LogP contribution in [0.15, 0.2) is 9.85 Å². The van der Waals surface area contributed by atoms with Crippen molar-refractivity contribution in [2.24, 2.45) is 7.05 Å². The van der Waals surface area contributed by atoms with Gasteiger partial charge < -0.3 is 0 Å². The van der Waals surface area contributed by atoms with Crippen LogP contribution < -0.4 is 0 Å². The Hall–Kier alpha value is -1.08. The summed E-state index contributed by atoms with van der Waals surface area (Å²) in [4.78, 5) is 13.9. The Morgan fingerprint density at radius 3 is 2.88 bits per heavy atom. The fraction of sp³-hybridized carbons (Fsp3) is 0.333. The maximum absolute atomic E-state index is 11.9.